The number of rotatable bonds is 13. The number of Topliss-reactive ketones (excluding diaryl/α,β-unsaturated/α-hetero) is 1. The number of nitrogens with zero attached hydrogens (tertiary/aromatic N) is 2. The molecule has 35 heavy (non-hydrogen) atoms. The van der Waals surface area contributed by atoms with Crippen molar-refractivity contribution in [2.24, 2.45) is 0 Å². The maximum Gasteiger partial charge on any atom is 0.252 e. The SMILES string of the molecule is CCCCCCCCCCS(=O)Cc1cc(NC(=O)C2C(=O)c3ccccc3S(=O)(=O)N2C)no1. The number of anilines is 1. The Kier molecular flexibility index (Phi) is 9.76. The van der Waals surface area contributed by atoms with Crippen molar-refractivity contribution in [1.82, 2.24) is 9.46 Å². The van der Waals surface area contributed by atoms with Crippen molar-refractivity contribution in [3.8, 4) is 0 Å². The average molecular weight is 524 g/mol. The third-order valence-electron chi connectivity index (χ3n) is 6.01. The summed E-state index contributed by atoms with van der Waals surface area (Å²) >= 11 is 0. The fraction of sp³-hybridized carbons (Fsp3) is 0.542. The molecule has 0 saturated carbocycles. The lowest BCUT2D eigenvalue weighted by Crippen LogP contribution is -2.53. The quantitative estimate of drug-likeness (QED) is 0.312. The van der Waals surface area contributed by atoms with Gasteiger partial charge < -0.3 is 9.84 Å². The van der Waals surface area contributed by atoms with Gasteiger partial charge in [-0.3, -0.25) is 13.8 Å². The number of fused-ring (bicyclic) bond motifs is 1. The fourth-order valence-corrected chi connectivity index (χ4v) is 6.65. The maximum absolute atomic E-state index is 12.9. The van der Waals surface area contributed by atoms with Gasteiger partial charge >= 0.3 is 0 Å². The molecule has 0 saturated heterocycles. The van der Waals surface area contributed by atoms with Crippen LogP contribution in [0.1, 0.15) is 74.4 Å². The molecule has 1 aromatic carbocycles. The van der Waals surface area contributed by atoms with Crippen molar-refractivity contribution in [2.75, 3.05) is 18.1 Å². The van der Waals surface area contributed by atoms with Crippen LogP contribution in [-0.4, -0.2) is 52.6 Å². The predicted molar refractivity (Wildman–Crippen MR) is 134 cm³/mol. The normalized spacial score (nSPS) is 18.2. The topological polar surface area (TPSA) is 127 Å². The Hall–Kier alpha value is -2.37. The molecule has 0 fully saturated rings. The zero-order valence-electron chi connectivity index (χ0n) is 20.2. The van der Waals surface area contributed by atoms with Gasteiger partial charge in [0, 0.05) is 35.2 Å². The number of unbranched alkanes of at least 4 members (excludes halogenated alkanes) is 7. The standard InChI is InChI=1S/C24H33N3O6S2/c1-3-4-5-6-7-8-9-12-15-34(30)17-18-16-21(26-33-18)25-24(29)22-23(28)19-13-10-11-14-20(19)35(31,32)27(22)2/h10-11,13-14,16,22H,3-9,12,15,17H2,1-2H3,(H,25,26,29). The van der Waals surface area contributed by atoms with Crippen LogP contribution in [0.5, 0.6) is 0 Å². The second kappa shape index (κ2) is 12.5. The largest absolute Gasteiger partial charge is 0.358 e. The van der Waals surface area contributed by atoms with Gasteiger partial charge in [0.05, 0.1) is 10.6 Å². The Morgan fingerprint density at radius 3 is 2.49 bits per heavy atom. The second-order valence-corrected chi connectivity index (χ2v) is 12.3. The summed E-state index contributed by atoms with van der Waals surface area (Å²) in [5.41, 5.74) is -0.0250. The molecule has 0 aliphatic carbocycles. The van der Waals surface area contributed by atoms with Crippen molar-refractivity contribution >= 4 is 38.3 Å². The molecular weight excluding hydrogens is 490 g/mol. The van der Waals surface area contributed by atoms with Crippen LogP contribution in [0.15, 0.2) is 39.8 Å². The number of sulfonamides is 1. The highest BCUT2D eigenvalue weighted by molar-refractivity contribution is 7.89. The molecule has 1 amide bonds. The van der Waals surface area contributed by atoms with Crippen molar-refractivity contribution in [2.45, 2.75) is 75.0 Å². The third-order valence-corrected chi connectivity index (χ3v) is 9.24. The van der Waals surface area contributed by atoms with Crippen LogP contribution in [0.3, 0.4) is 0 Å². The summed E-state index contributed by atoms with van der Waals surface area (Å²) in [6.45, 7) is 2.20. The number of carbonyl (C=O) groups excluding carboxylic acids is 2. The van der Waals surface area contributed by atoms with Crippen LogP contribution in [-0.2, 0) is 31.4 Å². The lowest BCUT2D eigenvalue weighted by Gasteiger charge is -2.30. The fourth-order valence-electron chi connectivity index (χ4n) is 4.05. The van der Waals surface area contributed by atoms with Crippen molar-refractivity contribution in [3.63, 3.8) is 0 Å². The zero-order chi connectivity index (χ0) is 25.4. The second-order valence-electron chi connectivity index (χ2n) is 8.72. The van der Waals surface area contributed by atoms with E-state index in [1.165, 1.54) is 63.4 Å². The van der Waals surface area contributed by atoms with E-state index in [9.17, 15) is 22.2 Å². The highest BCUT2D eigenvalue weighted by Gasteiger charge is 2.45. The first-order valence-electron chi connectivity index (χ1n) is 12.0. The molecule has 1 N–H and O–H groups in total. The van der Waals surface area contributed by atoms with E-state index in [0.717, 1.165) is 23.6 Å². The molecule has 1 aliphatic heterocycles. The lowest BCUT2D eigenvalue weighted by atomic mass is 10.0. The molecule has 1 aliphatic rings. The van der Waals surface area contributed by atoms with Crippen molar-refractivity contribution < 1.29 is 26.7 Å². The van der Waals surface area contributed by atoms with Crippen molar-refractivity contribution in [3.05, 3.63) is 41.7 Å². The lowest BCUT2D eigenvalue weighted by molar-refractivity contribution is -0.118. The number of likely N-dealkylation sites (N-methyl/N-ethyl adjacent to an activating group) is 1. The number of amides is 1. The summed E-state index contributed by atoms with van der Waals surface area (Å²) in [4.78, 5) is 25.6. The minimum Gasteiger partial charge on any atom is -0.358 e. The molecular formula is C24H33N3O6S2. The van der Waals surface area contributed by atoms with Gasteiger partial charge in [0.25, 0.3) is 5.91 Å². The molecule has 192 valence electrons. The van der Waals surface area contributed by atoms with Crippen LogP contribution in [0.2, 0.25) is 0 Å². The van der Waals surface area contributed by atoms with Gasteiger partial charge in [0.2, 0.25) is 10.0 Å². The monoisotopic (exact) mass is 523 g/mol. The predicted octanol–water partition coefficient (Wildman–Crippen LogP) is 3.89. The molecule has 2 heterocycles. The van der Waals surface area contributed by atoms with Crippen LogP contribution in [0.25, 0.3) is 0 Å². The average Bonchev–Trinajstić information content (AvgIpc) is 3.26. The number of nitrogens with one attached hydrogen (secondary N) is 1. The van der Waals surface area contributed by atoms with E-state index < -0.39 is 38.6 Å². The number of ketones is 1. The molecule has 0 spiro atoms. The highest BCUT2D eigenvalue weighted by atomic mass is 32.2. The molecule has 0 radical (unpaired) electrons. The Labute approximate surface area is 209 Å². The van der Waals surface area contributed by atoms with E-state index in [2.05, 4.69) is 17.4 Å². The van der Waals surface area contributed by atoms with Crippen LogP contribution >= 0.6 is 0 Å². The van der Waals surface area contributed by atoms with Gasteiger partial charge in [-0.25, -0.2) is 8.42 Å². The summed E-state index contributed by atoms with van der Waals surface area (Å²) in [7, 11) is -3.93. The molecule has 2 atom stereocenters. The Bertz CT molecular complexity index is 1160. The molecule has 1 aromatic heterocycles. The molecule has 2 aromatic rings. The van der Waals surface area contributed by atoms with Gasteiger partial charge in [0.15, 0.2) is 23.4 Å². The molecule has 3 rings (SSSR count). The van der Waals surface area contributed by atoms with E-state index in [4.69, 9.17) is 4.52 Å². The van der Waals surface area contributed by atoms with Gasteiger partial charge in [-0.15, -0.1) is 0 Å². The first-order chi connectivity index (χ1) is 16.8. The first-order valence-corrected chi connectivity index (χ1v) is 14.9. The molecule has 0 bridgehead atoms. The summed E-state index contributed by atoms with van der Waals surface area (Å²) in [6, 6.07) is 5.67. The van der Waals surface area contributed by atoms with E-state index in [1.807, 2.05) is 0 Å². The Balaban J connectivity index is 1.50. The van der Waals surface area contributed by atoms with Crippen LogP contribution in [0.4, 0.5) is 5.82 Å². The Morgan fingerprint density at radius 1 is 1.11 bits per heavy atom. The van der Waals surface area contributed by atoms with E-state index in [1.54, 1.807) is 6.07 Å². The summed E-state index contributed by atoms with van der Waals surface area (Å²) < 4.78 is 43.8. The van der Waals surface area contributed by atoms with E-state index in [0.29, 0.717) is 11.5 Å². The van der Waals surface area contributed by atoms with Gasteiger partial charge in [-0.1, -0.05) is 69.2 Å². The number of hydrogen-bond acceptors (Lipinski definition) is 7. The number of aromatic nitrogens is 1. The van der Waals surface area contributed by atoms with Gasteiger partial charge in [0.1, 0.15) is 0 Å². The van der Waals surface area contributed by atoms with E-state index in [-0.39, 0.29) is 22.0 Å². The number of carbonyl (C=O) groups is 2. The molecule has 2 unspecified atom stereocenters. The van der Waals surface area contributed by atoms with Crippen LogP contribution in [0, 0.1) is 0 Å². The number of benzene rings is 1. The summed E-state index contributed by atoms with van der Waals surface area (Å²) in [5.74, 6) is -0.341. The molecule has 9 nitrogen and oxygen atoms in total. The van der Waals surface area contributed by atoms with Gasteiger partial charge in [-0.05, 0) is 18.6 Å². The number of hydrogen-bond donors (Lipinski definition) is 1. The minimum absolute atomic E-state index is 0.0250. The molecule has 11 heteroatoms. The first kappa shape index (κ1) is 27.2. The van der Waals surface area contributed by atoms with Crippen LogP contribution < -0.4 is 5.32 Å². The highest BCUT2D eigenvalue weighted by Crippen LogP contribution is 2.29. The smallest absolute Gasteiger partial charge is 0.252 e. The van der Waals surface area contributed by atoms with Gasteiger partial charge in [-0.2, -0.15) is 4.31 Å². The third kappa shape index (κ3) is 6.86. The summed E-state index contributed by atoms with van der Waals surface area (Å²) in [5, 5.41) is 6.21. The van der Waals surface area contributed by atoms with Crippen molar-refractivity contribution in [1.29, 1.82) is 0 Å². The minimum atomic E-state index is -4.00. The Morgan fingerprint density at radius 2 is 1.77 bits per heavy atom. The zero-order valence-corrected chi connectivity index (χ0v) is 21.8. The van der Waals surface area contributed by atoms with E-state index >= 15 is 0 Å². The maximum atomic E-state index is 12.9. The summed E-state index contributed by atoms with van der Waals surface area (Å²) in [6.07, 6.45) is 9.33.